The van der Waals surface area contributed by atoms with Crippen molar-refractivity contribution < 1.29 is 13.2 Å². The normalized spacial score (nSPS) is 14.7. The second-order valence-corrected chi connectivity index (χ2v) is 8.65. The Morgan fingerprint density at radius 3 is 2.65 bits per heavy atom. The molecule has 0 aliphatic carbocycles. The van der Waals surface area contributed by atoms with Gasteiger partial charge in [0.15, 0.2) is 0 Å². The molecular formula is C19H23N3O3S. The van der Waals surface area contributed by atoms with Crippen molar-refractivity contribution in [2.45, 2.75) is 26.3 Å². The number of fused-ring (bicyclic) bond motifs is 1. The molecule has 0 atom stereocenters. The molecule has 0 fully saturated rings. The van der Waals surface area contributed by atoms with Crippen molar-refractivity contribution in [3.05, 3.63) is 64.5 Å². The highest BCUT2D eigenvalue weighted by Gasteiger charge is 2.26. The van der Waals surface area contributed by atoms with Crippen LogP contribution < -0.4 is 5.32 Å². The minimum Gasteiger partial charge on any atom is -0.352 e. The van der Waals surface area contributed by atoms with Gasteiger partial charge < -0.3 is 5.32 Å². The van der Waals surface area contributed by atoms with E-state index < -0.39 is 10.0 Å². The molecule has 3 rings (SSSR count). The summed E-state index contributed by atoms with van der Waals surface area (Å²) >= 11 is 0. The summed E-state index contributed by atoms with van der Waals surface area (Å²) in [6, 6.07) is 8.24. The van der Waals surface area contributed by atoms with Crippen LogP contribution in [0.4, 0.5) is 0 Å². The Hall–Kier alpha value is -2.25. The van der Waals surface area contributed by atoms with Gasteiger partial charge in [-0.1, -0.05) is 29.8 Å². The second kappa shape index (κ2) is 7.55. The molecule has 0 radical (unpaired) electrons. The lowest BCUT2D eigenvalue weighted by atomic mass is 9.98. The Balaban J connectivity index is 1.66. The van der Waals surface area contributed by atoms with E-state index >= 15 is 0 Å². The first-order valence-electron chi connectivity index (χ1n) is 8.59. The molecule has 0 saturated carbocycles. The van der Waals surface area contributed by atoms with Crippen molar-refractivity contribution >= 4 is 15.9 Å². The molecule has 1 aromatic carbocycles. The minimum absolute atomic E-state index is 0.158. The SMILES string of the molecule is Cc1ccc(CCNC(=O)c2cncc3c2CCN(S(C)(=O)=O)C3)cc1. The lowest BCUT2D eigenvalue weighted by Crippen LogP contribution is -2.36. The van der Waals surface area contributed by atoms with Crippen molar-refractivity contribution in [2.75, 3.05) is 19.3 Å². The van der Waals surface area contributed by atoms with E-state index in [9.17, 15) is 13.2 Å². The quantitative estimate of drug-likeness (QED) is 0.865. The highest BCUT2D eigenvalue weighted by molar-refractivity contribution is 7.88. The van der Waals surface area contributed by atoms with Gasteiger partial charge >= 0.3 is 0 Å². The molecule has 0 saturated heterocycles. The van der Waals surface area contributed by atoms with Gasteiger partial charge in [-0.15, -0.1) is 0 Å². The average Bonchev–Trinajstić information content (AvgIpc) is 2.61. The van der Waals surface area contributed by atoms with Crippen LogP contribution in [0.2, 0.25) is 0 Å². The summed E-state index contributed by atoms with van der Waals surface area (Å²) in [6.45, 7) is 3.24. The predicted molar refractivity (Wildman–Crippen MR) is 100 cm³/mol. The summed E-state index contributed by atoms with van der Waals surface area (Å²) in [4.78, 5) is 16.7. The maximum absolute atomic E-state index is 12.6. The number of nitrogens with zero attached hydrogens (tertiary/aromatic N) is 2. The van der Waals surface area contributed by atoms with Crippen LogP contribution in [-0.4, -0.2) is 43.0 Å². The van der Waals surface area contributed by atoms with E-state index in [1.165, 1.54) is 21.7 Å². The molecule has 2 heterocycles. The van der Waals surface area contributed by atoms with Gasteiger partial charge in [0.1, 0.15) is 0 Å². The fraction of sp³-hybridized carbons (Fsp3) is 0.368. The average molecular weight is 373 g/mol. The number of aryl methyl sites for hydroxylation is 1. The van der Waals surface area contributed by atoms with Crippen molar-refractivity contribution in [1.82, 2.24) is 14.6 Å². The Morgan fingerprint density at radius 1 is 1.23 bits per heavy atom. The first kappa shape index (κ1) is 18.5. The molecule has 6 nitrogen and oxygen atoms in total. The summed E-state index contributed by atoms with van der Waals surface area (Å²) in [7, 11) is -3.24. The molecule has 0 bridgehead atoms. The number of nitrogens with one attached hydrogen (secondary N) is 1. The number of hydrogen-bond acceptors (Lipinski definition) is 4. The van der Waals surface area contributed by atoms with Crippen LogP contribution in [0.5, 0.6) is 0 Å². The highest BCUT2D eigenvalue weighted by atomic mass is 32.2. The van der Waals surface area contributed by atoms with Crippen LogP contribution in [0.1, 0.15) is 32.6 Å². The van der Waals surface area contributed by atoms with Crippen LogP contribution in [0, 0.1) is 6.92 Å². The molecule has 7 heteroatoms. The molecule has 26 heavy (non-hydrogen) atoms. The van der Waals surface area contributed by atoms with Gasteiger partial charge in [-0.2, -0.15) is 4.31 Å². The fourth-order valence-electron chi connectivity index (χ4n) is 3.12. The smallest absolute Gasteiger partial charge is 0.253 e. The number of aromatic nitrogens is 1. The maximum atomic E-state index is 12.6. The number of hydrogen-bond donors (Lipinski definition) is 1. The highest BCUT2D eigenvalue weighted by Crippen LogP contribution is 2.23. The third-order valence-corrected chi connectivity index (χ3v) is 5.89. The Morgan fingerprint density at radius 2 is 1.96 bits per heavy atom. The van der Waals surface area contributed by atoms with E-state index in [4.69, 9.17) is 0 Å². The third kappa shape index (κ3) is 4.28. The number of amides is 1. The van der Waals surface area contributed by atoms with Crippen LogP contribution in [-0.2, 0) is 29.4 Å². The van der Waals surface area contributed by atoms with Gasteiger partial charge in [0.05, 0.1) is 11.8 Å². The first-order valence-corrected chi connectivity index (χ1v) is 10.4. The largest absolute Gasteiger partial charge is 0.352 e. The summed E-state index contributed by atoms with van der Waals surface area (Å²) in [6.07, 6.45) is 5.70. The van der Waals surface area contributed by atoms with Gasteiger partial charge in [0.2, 0.25) is 10.0 Å². The molecule has 1 amide bonds. The number of benzene rings is 1. The Labute approximate surface area is 154 Å². The van der Waals surface area contributed by atoms with E-state index in [2.05, 4.69) is 34.6 Å². The van der Waals surface area contributed by atoms with Gasteiger partial charge in [-0.05, 0) is 36.5 Å². The van der Waals surface area contributed by atoms with Crippen LogP contribution >= 0.6 is 0 Å². The number of sulfonamides is 1. The minimum atomic E-state index is -3.24. The van der Waals surface area contributed by atoms with Crippen LogP contribution in [0.3, 0.4) is 0 Å². The topological polar surface area (TPSA) is 79.4 Å². The first-order chi connectivity index (χ1) is 12.3. The van der Waals surface area contributed by atoms with Gasteiger partial charge in [0, 0.05) is 32.0 Å². The van der Waals surface area contributed by atoms with Crippen molar-refractivity contribution in [1.29, 1.82) is 0 Å². The number of pyridine rings is 1. The zero-order valence-corrected chi connectivity index (χ0v) is 15.8. The summed E-state index contributed by atoms with van der Waals surface area (Å²) in [5.41, 5.74) is 4.62. The predicted octanol–water partition coefficient (Wildman–Crippen LogP) is 1.68. The van der Waals surface area contributed by atoms with E-state index in [-0.39, 0.29) is 12.5 Å². The zero-order chi connectivity index (χ0) is 18.7. The lowest BCUT2D eigenvalue weighted by molar-refractivity contribution is 0.0952. The second-order valence-electron chi connectivity index (χ2n) is 6.66. The maximum Gasteiger partial charge on any atom is 0.253 e. The van der Waals surface area contributed by atoms with E-state index in [1.54, 1.807) is 12.4 Å². The van der Waals surface area contributed by atoms with Gasteiger partial charge in [-0.3, -0.25) is 9.78 Å². The lowest BCUT2D eigenvalue weighted by Gasteiger charge is -2.27. The Bertz CT molecular complexity index is 908. The Kier molecular flexibility index (Phi) is 5.38. The van der Waals surface area contributed by atoms with E-state index in [0.717, 1.165) is 17.5 Å². The monoisotopic (exact) mass is 373 g/mol. The van der Waals surface area contributed by atoms with Crippen molar-refractivity contribution in [3.8, 4) is 0 Å². The molecule has 0 spiro atoms. The van der Waals surface area contributed by atoms with Gasteiger partial charge in [0.25, 0.3) is 5.91 Å². The number of carbonyl (C=O) groups excluding carboxylic acids is 1. The molecule has 1 aliphatic rings. The van der Waals surface area contributed by atoms with Crippen molar-refractivity contribution in [3.63, 3.8) is 0 Å². The molecule has 0 unspecified atom stereocenters. The fourth-order valence-corrected chi connectivity index (χ4v) is 3.91. The molecule has 2 aromatic rings. The number of rotatable bonds is 5. The summed E-state index contributed by atoms with van der Waals surface area (Å²) in [5, 5.41) is 2.94. The summed E-state index contributed by atoms with van der Waals surface area (Å²) in [5.74, 6) is -0.158. The van der Waals surface area contributed by atoms with E-state index in [1.807, 2.05) is 6.92 Å². The molecule has 1 aliphatic heterocycles. The zero-order valence-electron chi connectivity index (χ0n) is 15.0. The third-order valence-electron chi connectivity index (χ3n) is 4.64. The van der Waals surface area contributed by atoms with Crippen molar-refractivity contribution in [2.24, 2.45) is 0 Å². The standard InChI is InChI=1S/C19H23N3O3S/c1-14-3-5-15(6-4-14)7-9-21-19(23)18-12-20-11-16-13-22(26(2,24)25)10-8-17(16)18/h3-6,11-12H,7-10,13H2,1-2H3,(H,21,23). The molecule has 138 valence electrons. The molecular weight excluding hydrogens is 350 g/mol. The van der Waals surface area contributed by atoms with Gasteiger partial charge in [-0.25, -0.2) is 8.42 Å². The van der Waals surface area contributed by atoms with Crippen LogP contribution in [0.15, 0.2) is 36.7 Å². The summed E-state index contributed by atoms with van der Waals surface area (Å²) < 4.78 is 24.9. The van der Waals surface area contributed by atoms with E-state index in [0.29, 0.717) is 25.1 Å². The molecule has 1 N–H and O–H groups in total. The number of carbonyl (C=O) groups is 1. The molecule has 1 aromatic heterocycles. The van der Waals surface area contributed by atoms with Crippen LogP contribution in [0.25, 0.3) is 0 Å².